The van der Waals surface area contributed by atoms with E-state index in [1.165, 1.54) is 12.1 Å². The van der Waals surface area contributed by atoms with Crippen LogP contribution in [0.2, 0.25) is 0 Å². The molecule has 2 aromatic carbocycles. The molecule has 0 aromatic heterocycles. The van der Waals surface area contributed by atoms with Gasteiger partial charge in [-0.1, -0.05) is 0 Å². The zero-order valence-electron chi connectivity index (χ0n) is 11.3. The summed E-state index contributed by atoms with van der Waals surface area (Å²) in [5.41, 5.74) is 7.96. The number of rotatable bonds is 3. The van der Waals surface area contributed by atoms with Crippen molar-refractivity contribution in [1.29, 1.82) is 5.26 Å². The molecule has 0 spiro atoms. The van der Waals surface area contributed by atoms with E-state index in [4.69, 9.17) is 16.1 Å². The van der Waals surface area contributed by atoms with Crippen LogP contribution >= 0.6 is 0 Å². The average Bonchev–Trinajstić information content (AvgIpc) is 2.45. The molecule has 0 aliphatic rings. The van der Waals surface area contributed by atoms with Crippen molar-refractivity contribution in [1.82, 2.24) is 0 Å². The molecule has 2 aromatic rings. The van der Waals surface area contributed by atoms with Gasteiger partial charge in [-0.05, 0) is 42.5 Å². The Bertz CT molecular complexity index is 808. The van der Waals surface area contributed by atoms with E-state index in [1.54, 1.807) is 30.3 Å². The zero-order chi connectivity index (χ0) is 15.6. The van der Waals surface area contributed by atoms with Gasteiger partial charge >= 0.3 is 0 Å². The Morgan fingerprint density at radius 2 is 1.67 bits per heavy atom. The van der Waals surface area contributed by atoms with E-state index in [0.717, 1.165) is 5.69 Å². The first-order chi connectivity index (χ1) is 9.82. The molecule has 0 fully saturated rings. The molecule has 7 heteroatoms. The fourth-order valence-corrected chi connectivity index (χ4v) is 2.56. The zero-order valence-corrected chi connectivity index (χ0v) is 12.1. The Labute approximate surface area is 123 Å². The monoisotopic (exact) mass is 302 g/mol. The van der Waals surface area contributed by atoms with Gasteiger partial charge in [0.2, 0.25) is 10.0 Å². The van der Waals surface area contributed by atoms with Gasteiger partial charge in [-0.2, -0.15) is 5.26 Å². The van der Waals surface area contributed by atoms with Gasteiger partial charge in [0.05, 0.1) is 17.3 Å². The summed E-state index contributed by atoms with van der Waals surface area (Å²) in [7, 11) is -2.02. The van der Waals surface area contributed by atoms with E-state index in [9.17, 15) is 8.42 Å². The maximum absolute atomic E-state index is 11.3. The van der Waals surface area contributed by atoms with E-state index in [-0.39, 0.29) is 10.6 Å². The maximum atomic E-state index is 11.3. The molecule has 0 aliphatic heterocycles. The minimum atomic E-state index is -3.83. The van der Waals surface area contributed by atoms with Crippen LogP contribution in [0.15, 0.2) is 47.4 Å². The number of nitrogens with zero attached hydrogens (tertiary/aromatic N) is 2. The van der Waals surface area contributed by atoms with Gasteiger partial charge in [0.15, 0.2) is 0 Å². The summed E-state index contributed by atoms with van der Waals surface area (Å²) in [5, 5.41) is 13.9. The van der Waals surface area contributed by atoms with Crippen molar-refractivity contribution in [3.63, 3.8) is 0 Å². The Kier molecular flexibility index (Phi) is 3.84. The highest BCUT2D eigenvalue weighted by molar-refractivity contribution is 7.89. The molecular weight excluding hydrogens is 288 g/mol. The third-order valence-electron chi connectivity index (χ3n) is 3.07. The summed E-state index contributed by atoms with van der Waals surface area (Å²) in [4.78, 5) is 1.73. The van der Waals surface area contributed by atoms with E-state index < -0.39 is 10.0 Å². The van der Waals surface area contributed by atoms with Crippen molar-refractivity contribution in [3.05, 3.63) is 48.0 Å². The van der Waals surface area contributed by atoms with Gasteiger partial charge < -0.3 is 10.6 Å². The molecule has 0 unspecified atom stereocenters. The van der Waals surface area contributed by atoms with Crippen molar-refractivity contribution in [2.45, 2.75) is 4.90 Å². The Balaban J connectivity index is 2.38. The molecule has 0 radical (unpaired) electrons. The Morgan fingerprint density at radius 3 is 2.14 bits per heavy atom. The van der Waals surface area contributed by atoms with Crippen LogP contribution in [0.3, 0.4) is 0 Å². The predicted octanol–water partition coefficient (Wildman–Crippen LogP) is 1.56. The second-order valence-electron chi connectivity index (χ2n) is 4.48. The van der Waals surface area contributed by atoms with Crippen molar-refractivity contribution < 1.29 is 8.42 Å². The van der Waals surface area contributed by atoms with Gasteiger partial charge in [-0.3, -0.25) is 0 Å². The number of hydrogen-bond acceptors (Lipinski definition) is 5. The van der Waals surface area contributed by atoms with Gasteiger partial charge in [-0.25, -0.2) is 13.6 Å². The highest BCUT2D eigenvalue weighted by Crippen LogP contribution is 2.28. The topological polar surface area (TPSA) is 113 Å². The standard InChI is InChI=1S/C14H14N4O2S/c1-18(11-4-2-10(9-15)3-5-11)12-6-7-14(13(16)8-12)21(17,19)20/h2-8H,16H2,1H3,(H2,17,19,20). The largest absolute Gasteiger partial charge is 0.398 e. The van der Waals surface area contributed by atoms with Crippen LogP contribution in [0.1, 0.15) is 5.56 Å². The number of hydrogen-bond donors (Lipinski definition) is 2. The quantitative estimate of drug-likeness (QED) is 0.835. The molecule has 0 bridgehead atoms. The highest BCUT2D eigenvalue weighted by Gasteiger charge is 2.14. The Morgan fingerprint density at radius 1 is 1.10 bits per heavy atom. The number of nitrogen functional groups attached to an aromatic ring is 1. The SMILES string of the molecule is CN(c1ccc(C#N)cc1)c1ccc(S(N)(=O)=O)c(N)c1. The predicted molar refractivity (Wildman–Crippen MR) is 81.4 cm³/mol. The first kappa shape index (κ1) is 14.8. The smallest absolute Gasteiger partial charge is 0.240 e. The van der Waals surface area contributed by atoms with Crippen LogP contribution in [-0.4, -0.2) is 15.5 Å². The van der Waals surface area contributed by atoms with E-state index in [0.29, 0.717) is 11.3 Å². The number of primary sulfonamides is 1. The fourth-order valence-electron chi connectivity index (χ4n) is 1.91. The molecule has 4 N–H and O–H groups in total. The van der Waals surface area contributed by atoms with Crippen molar-refractivity contribution in [2.75, 3.05) is 17.7 Å². The molecule has 108 valence electrons. The lowest BCUT2D eigenvalue weighted by molar-refractivity contribution is 0.598. The van der Waals surface area contributed by atoms with Crippen molar-refractivity contribution in [3.8, 4) is 6.07 Å². The molecule has 0 amide bonds. The third-order valence-corrected chi connectivity index (χ3v) is 4.06. The second kappa shape index (κ2) is 5.44. The highest BCUT2D eigenvalue weighted by atomic mass is 32.2. The van der Waals surface area contributed by atoms with Crippen LogP contribution < -0.4 is 15.8 Å². The molecule has 0 saturated heterocycles. The molecule has 0 saturated carbocycles. The minimum Gasteiger partial charge on any atom is -0.398 e. The fraction of sp³-hybridized carbons (Fsp3) is 0.0714. The molecular formula is C14H14N4O2S. The first-order valence-electron chi connectivity index (χ1n) is 5.99. The lowest BCUT2D eigenvalue weighted by atomic mass is 10.2. The number of nitrogens with two attached hydrogens (primary N) is 2. The van der Waals surface area contributed by atoms with Crippen LogP contribution in [0.4, 0.5) is 17.1 Å². The van der Waals surface area contributed by atoms with Crippen LogP contribution in [0.25, 0.3) is 0 Å². The molecule has 0 heterocycles. The van der Waals surface area contributed by atoms with Crippen LogP contribution in [0.5, 0.6) is 0 Å². The summed E-state index contributed by atoms with van der Waals surface area (Å²) < 4.78 is 22.7. The van der Waals surface area contributed by atoms with Crippen LogP contribution in [-0.2, 0) is 10.0 Å². The first-order valence-corrected chi connectivity index (χ1v) is 7.54. The lowest BCUT2D eigenvalue weighted by Crippen LogP contribution is -2.15. The van der Waals surface area contributed by atoms with Crippen LogP contribution in [0, 0.1) is 11.3 Å². The van der Waals surface area contributed by atoms with Crippen molar-refractivity contribution >= 4 is 27.1 Å². The minimum absolute atomic E-state index is 0.0931. The van der Waals surface area contributed by atoms with E-state index in [2.05, 4.69) is 0 Å². The third kappa shape index (κ3) is 3.13. The maximum Gasteiger partial charge on any atom is 0.240 e. The molecule has 21 heavy (non-hydrogen) atoms. The second-order valence-corrected chi connectivity index (χ2v) is 6.01. The molecule has 2 rings (SSSR count). The normalized spacial score (nSPS) is 10.9. The number of anilines is 3. The van der Waals surface area contributed by atoms with E-state index >= 15 is 0 Å². The van der Waals surface area contributed by atoms with Gasteiger partial charge in [0.1, 0.15) is 4.90 Å². The lowest BCUT2D eigenvalue weighted by Gasteiger charge is -2.20. The summed E-state index contributed by atoms with van der Waals surface area (Å²) in [6.45, 7) is 0. The van der Waals surface area contributed by atoms with Gasteiger partial charge in [0.25, 0.3) is 0 Å². The molecule has 0 atom stereocenters. The van der Waals surface area contributed by atoms with Gasteiger partial charge in [-0.15, -0.1) is 0 Å². The Hall–Kier alpha value is -2.56. The van der Waals surface area contributed by atoms with Crippen molar-refractivity contribution in [2.24, 2.45) is 5.14 Å². The average molecular weight is 302 g/mol. The number of nitriles is 1. The summed E-state index contributed by atoms with van der Waals surface area (Å²) in [6.07, 6.45) is 0. The van der Waals surface area contributed by atoms with Gasteiger partial charge in [0, 0.05) is 18.4 Å². The van der Waals surface area contributed by atoms with E-state index in [1.807, 2.05) is 18.0 Å². The summed E-state index contributed by atoms with van der Waals surface area (Å²) >= 11 is 0. The molecule has 0 aliphatic carbocycles. The summed E-state index contributed by atoms with van der Waals surface area (Å²) in [5.74, 6) is 0. The summed E-state index contributed by atoms with van der Waals surface area (Å²) in [6, 6.07) is 13.6. The number of benzene rings is 2. The molecule has 6 nitrogen and oxygen atoms in total. The number of sulfonamides is 1.